The molecule has 0 saturated heterocycles. The summed E-state index contributed by atoms with van der Waals surface area (Å²) in [6, 6.07) is 3.70. The number of amides is 1. The lowest BCUT2D eigenvalue weighted by Gasteiger charge is -2.10. The summed E-state index contributed by atoms with van der Waals surface area (Å²) in [6.07, 6.45) is 3.95. The van der Waals surface area contributed by atoms with Crippen molar-refractivity contribution in [2.75, 3.05) is 6.54 Å². The van der Waals surface area contributed by atoms with Crippen LogP contribution >= 0.6 is 11.3 Å². The zero-order valence-electron chi connectivity index (χ0n) is 11.3. The third-order valence-corrected chi connectivity index (χ3v) is 4.45. The fourth-order valence-electron chi connectivity index (χ4n) is 2.10. The van der Waals surface area contributed by atoms with Crippen molar-refractivity contribution in [2.24, 2.45) is 11.7 Å². The molecule has 1 unspecified atom stereocenters. The summed E-state index contributed by atoms with van der Waals surface area (Å²) in [6.45, 7) is 2.40. The van der Waals surface area contributed by atoms with Crippen molar-refractivity contribution < 1.29 is 9.21 Å². The SMILES string of the molecule is Cc1sc(-c2ccco2)nc1C(=O)NCC(N)C1CC1. The van der Waals surface area contributed by atoms with E-state index in [2.05, 4.69) is 10.3 Å². The van der Waals surface area contributed by atoms with Gasteiger partial charge < -0.3 is 15.5 Å². The summed E-state index contributed by atoms with van der Waals surface area (Å²) in [7, 11) is 0. The molecular weight excluding hydrogens is 274 g/mol. The number of nitrogens with zero attached hydrogens (tertiary/aromatic N) is 1. The number of hydrogen-bond acceptors (Lipinski definition) is 5. The highest BCUT2D eigenvalue weighted by molar-refractivity contribution is 7.15. The molecule has 1 aliphatic rings. The second-order valence-corrected chi connectivity index (χ2v) is 6.32. The fraction of sp³-hybridized carbons (Fsp3) is 0.429. The van der Waals surface area contributed by atoms with E-state index in [4.69, 9.17) is 10.2 Å². The van der Waals surface area contributed by atoms with Crippen molar-refractivity contribution in [1.82, 2.24) is 10.3 Å². The third-order valence-electron chi connectivity index (χ3n) is 3.47. The van der Waals surface area contributed by atoms with Gasteiger partial charge in [0.15, 0.2) is 10.8 Å². The Morgan fingerprint density at radius 2 is 2.45 bits per heavy atom. The Morgan fingerprint density at radius 1 is 1.65 bits per heavy atom. The maximum Gasteiger partial charge on any atom is 0.271 e. The van der Waals surface area contributed by atoms with Crippen molar-refractivity contribution in [3.05, 3.63) is 29.0 Å². The Balaban J connectivity index is 1.68. The lowest BCUT2D eigenvalue weighted by Crippen LogP contribution is -2.38. The van der Waals surface area contributed by atoms with Gasteiger partial charge in [-0.15, -0.1) is 11.3 Å². The van der Waals surface area contributed by atoms with Crippen LogP contribution in [0.25, 0.3) is 10.8 Å². The smallest absolute Gasteiger partial charge is 0.271 e. The minimum absolute atomic E-state index is 0.0578. The number of nitrogens with two attached hydrogens (primary N) is 1. The average Bonchev–Trinajstić information content (AvgIpc) is 2.99. The van der Waals surface area contributed by atoms with E-state index in [0.717, 1.165) is 9.88 Å². The molecule has 1 aliphatic carbocycles. The van der Waals surface area contributed by atoms with Crippen molar-refractivity contribution in [1.29, 1.82) is 0 Å². The summed E-state index contributed by atoms with van der Waals surface area (Å²) in [5, 5.41) is 3.60. The average molecular weight is 291 g/mol. The van der Waals surface area contributed by atoms with Crippen LogP contribution in [0.4, 0.5) is 0 Å². The maximum atomic E-state index is 12.1. The molecule has 106 valence electrons. The van der Waals surface area contributed by atoms with Crippen LogP contribution in [0.2, 0.25) is 0 Å². The third kappa shape index (κ3) is 2.76. The number of nitrogens with one attached hydrogen (secondary N) is 1. The zero-order chi connectivity index (χ0) is 14.1. The van der Waals surface area contributed by atoms with Gasteiger partial charge in [-0.3, -0.25) is 4.79 Å². The van der Waals surface area contributed by atoms with Crippen LogP contribution < -0.4 is 11.1 Å². The lowest BCUT2D eigenvalue weighted by atomic mass is 10.2. The van der Waals surface area contributed by atoms with E-state index in [1.165, 1.54) is 24.2 Å². The van der Waals surface area contributed by atoms with Gasteiger partial charge in [-0.1, -0.05) is 0 Å². The molecule has 3 N–H and O–H groups in total. The van der Waals surface area contributed by atoms with E-state index >= 15 is 0 Å². The molecule has 3 rings (SSSR count). The summed E-state index contributed by atoms with van der Waals surface area (Å²) >= 11 is 1.46. The molecule has 1 amide bonds. The normalized spacial score (nSPS) is 16.1. The number of aryl methyl sites for hydroxylation is 1. The monoisotopic (exact) mass is 291 g/mol. The minimum Gasteiger partial charge on any atom is -0.462 e. The molecule has 1 atom stereocenters. The Hall–Kier alpha value is -1.66. The lowest BCUT2D eigenvalue weighted by molar-refractivity contribution is 0.0945. The van der Waals surface area contributed by atoms with Gasteiger partial charge >= 0.3 is 0 Å². The maximum absolute atomic E-state index is 12.1. The van der Waals surface area contributed by atoms with Gasteiger partial charge in [0.2, 0.25) is 0 Å². The number of carbonyl (C=O) groups excluding carboxylic acids is 1. The zero-order valence-corrected chi connectivity index (χ0v) is 12.1. The first-order valence-electron chi connectivity index (χ1n) is 6.70. The number of furan rings is 1. The number of aromatic nitrogens is 1. The van der Waals surface area contributed by atoms with Crippen LogP contribution in [-0.4, -0.2) is 23.5 Å². The van der Waals surface area contributed by atoms with E-state index in [0.29, 0.717) is 23.9 Å². The predicted octanol–water partition coefficient (Wildman–Crippen LogP) is 2.18. The van der Waals surface area contributed by atoms with Crippen molar-refractivity contribution in [3.8, 4) is 10.8 Å². The van der Waals surface area contributed by atoms with Gasteiger partial charge in [0.25, 0.3) is 5.91 Å². The highest BCUT2D eigenvalue weighted by atomic mass is 32.1. The number of thiazole rings is 1. The van der Waals surface area contributed by atoms with Crippen LogP contribution in [-0.2, 0) is 0 Å². The fourth-order valence-corrected chi connectivity index (χ4v) is 2.98. The largest absolute Gasteiger partial charge is 0.462 e. The van der Waals surface area contributed by atoms with Gasteiger partial charge in [-0.25, -0.2) is 4.98 Å². The molecule has 0 spiro atoms. The molecule has 20 heavy (non-hydrogen) atoms. The molecule has 1 fully saturated rings. The first-order valence-corrected chi connectivity index (χ1v) is 7.52. The van der Waals surface area contributed by atoms with Crippen LogP contribution in [0.15, 0.2) is 22.8 Å². The number of carbonyl (C=O) groups is 1. The number of rotatable bonds is 5. The van der Waals surface area contributed by atoms with Gasteiger partial charge in [-0.05, 0) is 37.8 Å². The minimum atomic E-state index is -0.160. The van der Waals surface area contributed by atoms with E-state index in [-0.39, 0.29) is 11.9 Å². The second-order valence-electron chi connectivity index (χ2n) is 5.11. The van der Waals surface area contributed by atoms with Gasteiger partial charge in [0, 0.05) is 17.5 Å². The molecule has 1 saturated carbocycles. The molecule has 2 aromatic heterocycles. The molecular formula is C14H17N3O2S. The highest BCUT2D eigenvalue weighted by Crippen LogP contribution is 2.31. The van der Waals surface area contributed by atoms with Gasteiger partial charge in [-0.2, -0.15) is 0 Å². The quantitative estimate of drug-likeness (QED) is 0.884. The van der Waals surface area contributed by atoms with Gasteiger partial charge in [0.1, 0.15) is 5.69 Å². The first kappa shape index (κ1) is 13.3. The van der Waals surface area contributed by atoms with Crippen LogP contribution in [0.5, 0.6) is 0 Å². The van der Waals surface area contributed by atoms with E-state index in [9.17, 15) is 4.79 Å². The highest BCUT2D eigenvalue weighted by Gasteiger charge is 2.29. The molecule has 0 bridgehead atoms. The molecule has 0 aliphatic heterocycles. The topological polar surface area (TPSA) is 81.2 Å². The van der Waals surface area contributed by atoms with Crippen LogP contribution in [0.1, 0.15) is 28.2 Å². The van der Waals surface area contributed by atoms with E-state index < -0.39 is 0 Å². The molecule has 0 aromatic carbocycles. The number of hydrogen-bond donors (Lipinski definition) is 2. The Kier molecular flexibility index (Phi) is 3.58. The van der Waals surface area contributed by atoms with Crippen molar-refractivity contribution >= 4 is 17.2 Å². The first-order chi connectivity index (χ1) is 9.65. The van der Waals surface area contributed by atoms with E-state index in [1.54, 1.807) is 12.3 Å². The standard InChI is InChI=1S/C14H17N3O2S/c1-8-12(13(18)16-7-10(15)9-4-5-9)17-14(20-8)11-3-2-6-19-11/h2-3,6,9-10H,4-5,7,15H2,1H3,(H,16,18). The van der Waals surface area contributed by atoms with Crippen LogP contribution in [0.3, 0.4) is 0 Å². The Morgan fingerprint density at radius 3 is 3.10 bits per heavy atom. The summed E-state index contributed by atoms with van der Waals surface area (Å²) < 4.78 is 5.30. The molecule has 5 nitrogen and oxygen atoms in total. The van der Waals surface area contributed by atoms with E-state index in [1.807, 2.05) is 13.0 Å². The van der Waals surface area contributed by atoms with Gasteiger partial charge in [0.05, 0.1) is 6.26 Å². The molecule has 6 heteroatoms. The summed E-state index contributed by atoms with van der Waals surface area (Å²) in [4.78, 5) is 17.4. The molecule has 2 aromatic rings. The van der Waals surface area contributed by atoms with Crippen molar-refractivity contribution in [2.45, 2.75) is 25.8 Å². The van der Waals surface area contributed by atoms with Crippen molar-refractivity contribution in [3.63, 3.8) is 0 Å². The summed E-state index contributed by atoms with van der Waals surface area (Å²) in [5.41, 5.74) is 6.44. The van der Waals surface area contributed by atoms with Crippen LogP contribution in [0, 0.1) is 12.8 Å². The molecule has 0 radical (unpaired) electrons. The second kappa shape index (κ2) is 5.38. The Labute approximate surface area is 121 Å². The Bertz CT molecular complexity index is 602. The predicted molar refractivity (Wildman–Crippen MR) is 77.6 cm³/mol. The summed E-state index contributed by atoms with van der Waals surface area (Å²) in [5.74, 6) is 1.10. The molecule has 2 heterocycles.